The SMILES string of the molecule is CCC(C)OCCCN1[C@H](C)CC[C@@H]1C. The zero-order chi connectivity index (χ0) is 11.3. The Morgan fingerprint density at radius 1 is 1.27 bits per heavy atom. The minimum Gasteiger partial charge on any atom is -0.378 e. The number of ether oxygens (including phenoxy) is 1. The van der Waals surface area contributed by atoms with E-state index in [1.165, 1.54) is 25.8 Å². The molecule has 0 aromatic heterocycles. The van der Waals surface area contributed by atoms with Crippen molar-refractivity contribution in [1.82, 2.24) is 4.90 Å². The second-order valence-electron chi connectivity index (χ2n) is 4.96. The highest BCUT2D eigenvalue weighted by Gasteiger charge is 2.26. The molecule has 15 heavy (non-hydrogen) atoms. The van der Waals surface area contributed by atoms with Gasteiger partial charge in [-0.1, -0.05) is 6.92 Å². The molecule has 1 unspecified atom stereocenters. The van der Waals surface area contributed by atoms with Gasteiger partial charge in [0, 0.05) is 25.2 Å². The Hall–Kier alpha value is -0.0800. The van der Waals surface area contributed by atoms with E-state index in [1.54, 1.807) is 0 Å². The molecule has 0 aromatic rings. The van der Waals surface area contributed by atoms with E-state index in [0.717, 1.165) is 25.1 Å². The van der Waals surface area contributed by atoms with Gasteiger partial charge in [0.15, 0.2) is 0 Å². The van der Waals surface area contributed by atoms with Gasteiger partial charge in [-0.05, 0) is 46.5 Å². The van der Waals surface area contributed by atoms with Crippen molar-refractivity contribution >= 4 is 0 Å². The molecule has 2 heteroatoms. The summed E-state index contributed by atoms with van der Waals surface area (Å²) in [5, 5.41) is 0. The molecule has 3 atom stereocenters. The molecular weight excluding hydrogens is 186 g/mol. The molecule has 0 aromatic carbocycles. The minimum absolute atomic E-state index is 0.429. The molecular formula is C13H27NO. The second-order valence-corrected chi connectivity index (χ2v) is 4.96. The van der Waals surface area contributed by atoms with E-state index in [-0.39, 0.29) is 0 Å². The Morgan fingerprint density at radius 3 is 2.40 bits per heavy atom. The molecule has 1 fully saturated rings. The monoisotopic (exact) mass is 213 g/mol. The molecule has 1 heterocycles. The normalized spacial score (nSPS) is 29.6. The van der Waals surface area contributed by atoms with Crippen LogP contribution in [0.25, 0.3) is 0 Å². The smallest absolute Gasteiger partial charge is 0.0544 e. The van der Waals surface area contributed by atoms with Gasteiger partial charge in [-0.25, -0.2) is 0 Å². The van der Waals surface area contributed by atoms with Crippen LogP contribution in [0.2, 0.25) is 0 Å². The third kappa shape index (κ3) is 4.12. The summed E-state index contributed by atoms with van der Waals surface area (Å²) in [6, 6.07) is 1.56. The van der Waals surface area contributed by atoms with Gasteiger partial charge in [0.2, 0.25) is 0 Å². The lowest BCUT2D eigenvalue weighted by Gasteiger charge is -2.25. The van der Waals surface area contributed by atoms with E-state index in [9.17, 15) is 0 Å². The van der Waals surface area contributed by atoms with E-state index in [1.807, 2.05) is 0 Å². The summed E-state index contributed by atoms with van der Waals surface area (Å²) in [5.41, 5.74) is 0. The van der Waals surface area contributed by atoms with Crippen molar-refractivity contribution in [2.24, 2.45) is 0 Å². The van der Waals surface area contributed by atoms with Gasteiger partial charge in [0.25, 0.3) is 0 Å². The van der Waals surface area contributed by atoms with Crippen LogP contribution in [-0.4, -0.2) is 36.2 Å². The van der Waals surface area contributed by atoms with E-state index < -0.39 is 0 Å². The maximum atomic E-state index is 5.69. The van der Waals surface area contributed by atoms with Crippen LogP contribution in [0, 0.1) is 0 Å². The minimum atomic E-state index is 0.429. The fourth-order valence-corrected chi connectivity index (χ4v) is 2.34. The summed E-state index contributed by atoms with van der Waals surface area (Å²) in [6.45, 7) is 11.2. The fourth-order valence-electron chi connectivity index (χ4n) is 2.34. The van der Waals surface area contributed by atoms with E-state index >= 15 is 0 Å². The van der Waals surface area contributed by atoms with Crippen molar-refractivity contribution in [2.75, 3.05) is 13.2 Å². The van der Waals surface area contributed by atoms with Crippen molar-refractivity contribution in [3.63, 3.8) is 0 Å². The molecule has 0 bridgehead atoms. The van der Waals surface area contributed by atoms with Crippen molar-refractivity contribution in [3.05, 3.63) is 0 Å². The first-order valence-corrected chi connectivity index (χ1v) is 6.52. The molecule has 0 N–H and O–H groups in total. The van der Waals surface area contributed by atoms with Gasteiger partial charge in [0.1, 0.15) is 0 Å². The van der Waals surface area contributed by atoms with Crippen LogP contribution in [0.4, 0.5) is 0 Å². The van der Waals surface area contributed by atoms with E-state index in [4.69, 9.17) is 4.74 Å². The third-order valence-electron chi connectivity index (χ3n) is 3.67. The number of rotatable bonds is 6. The summed E-state index contributed by atoms with van der Waals surface area (Å²) < 4.78 is 5.69. The van der Waals surface area contributed by atoms with Crippen molar-refractivity contribution in [3.8, 4) is 0 Å². The van der Waals surface area contributed by atoms with Gasteiger partial charge in [0.05, 0.1) is 6.10 Å². The second kappa shape index (κ2) is 6.49. The third-order valence-corrected chi connectivity index (χ3v) is 3.67. The zero-order valence-corrected chi connectivity index (χ0v) is 10.8. The molecule has 1 aliphatic heterocycles. The first-order chi connectivity index (χ1) is 7.15. The molecule has 0 spiro atoms. The average Bonchev–Trinajstić information content (AvgIpc) is 2.54. The summed E-state index contributed by atoms with van der Waals surface area (Å²) in [6.07, 6.45) is 5.47. The lowest BCUT2D eigenvalue weighted by Crippen LogP contribution is -2.34. The van der Waals surface area contributed by atoms with E-state index in [0.29, 0.717) is 6.10 Å². The maximum absolute atomic E-state index is 5.69. The van der Waals surface area contributed by atoms with E-state index in [2.05, 4.69) is 32.6 Å². The van der Waals surface area contributed by atoms with Crippen molar-refractivity contribution < 1.29 is 4.74 Å². The predicted molar refractivity (Wildman–Crippen MR) is 65.2 cm³/mol. The molecule has 0 radical (unpaired) electrons. The van der Waals surface area contributed by atoms with Gasteiger partial charge in [-0.3, -0.25) is 4.90 Å². The zero-order valence-electron chi connectivity index (χ0n) is 10.8. The van der Waals surface area contributed by atoms with Crippen LogP contribution in [0.5, 0.6) is 0 Å². The van der Waals surface area contributed by atoms with Crippen LogP contribution >= 0.6 is 0 Å². The topological polar surface area (TPSA) is 12.5 Å². The highest BCUT2D eigenvalue weighted by molar-refractivity contribution is 4.81. The fraction of sp³-hybridized carbons (Fsp3) is 1.00. The number of likely N-dealkylation sites (tertiary alicyclic amines) is 1. The highest BCUT2D eigenvalue weighted by atomic mass is 16.5. The predicted octanol–water partition coefficient (Wildman–Crippen LogP) is 3.06. The molecule has 1 rings (SSSR count). The van der Waals surface area contributed by atoms with Gasteiger partial charge in [-0.15, -0.1) is 0 Å². The Morgan fingerprint density at radius 2 is 1.87 bits per heavy atom. The molecule has 2 nitrogen and oxygen atoms in total. The molecule has 1 aliphatic rings. The average molecular weight is 213 g/mol. The Kier molecular flexibility index (Phi) is 5.62. The van der Waals surface area contributed by atoms with Crippen molar-refractivity contribution in [2.45, 2.75) is 71.6 Å². The van der Waals surface area contributed by atoms with Crippen molar-refractivity contribution in [1.29, 1.82) is 0 Å². The molecule has 0 saturated carbocycles. The number of nitrogens with zero attached hydrogens (tertiary/aromatic N) is 1. The highest BCUT2D eigenvalue weighted by Crippen LogP contribution is 2.23. The van der Waals surface area contributed by atoms with Crippen LogP contribution < -0.4 is 0 Å². The van der Waals surface area contributed by atoms with Crippen LogP contribution in [-0.2, 0) is 4.74 Å². The Labute approximate surface area is 95.0 Å². The van der Waals surface area contributed by atoms with Gasteiger partial charge in [-0.2, -0.15) is 0 Å². The summed E-state index contributed by atoms with van der Waals surface area (Å²) in [7, 11) is 0. The Balaban J connectivity index is 2.09. The Bertz CT molecular complexity index is 162. The molecule has 1 saturated heterocycles. The number of hydrogen-bond acceptors (Lipinski definition) is 2. The maximum Gasteiger partial charge on any atom is 0.0544 e. The quantitative estimate of drug-likeness (QED) is 0.629. The summed E-state index contributed by atoms with van der Waals surface area (Å²) >= 11 is 0. The summed E-state index contributed by atoms with van der Waals surface area (Å²) in [4.78, 5) is 2.62. The first-order valence-electron chi connectivity index (χ1n) is 6.52. The molecule has 0 amide bonds. The van der Waals surface area contributed by atoms with Crippen LogP contribution in [0.3, 0.4) is 0 Å². The largest absolute Gasteiger partial charge is 0.378 e. The van der Waals surface area contributed by atoms with Crippen LogP contribution in [0.1, 0.15) is 53.4 Å². The van der Waals surface area contributed by atoms with Crippen LogP contribution in [0.15, 0.2) is 0 Å². The molecule has 0 aliphatic carbocycles. The first kappa shape index (κ1) is 13.0. The lowest BCUT2D eigenvalue weighted by molar-refractivity contribution is 0.0538. The number of hydrogen-bond donors (Lipinski definition) is 0. The van der Waals surface area contributed by atoms with Gasteiger partial charge >= 0.3 is 0 Å². The molecule has 90 valence electrons. The van der Waals surface area contributed by atoms with Gasteiger partial charge < -0.3 is 4.74 Å². The summed E-state index contributed by atoms with van der Waals surface area (Å²) in [5.74, 6) is 0. The standard InChI is InChI=1S/C13H27NO/c1-5-13(4)15-10-6-9-14-11(2)7-8-12(14)3/h11-13H,5-10H2,1-4H3/t11-,12+,13?. The lowest BCUT2D eigenvalue weighted by atomic mass is 10.2.